The van der Waals surface area contributed by atoms with Crippen LogP contribution in [0, 0.1) is 6.92 Å². The SMILES string of the molecule is Cc1ccc(OCC(=O)N(C)[C@H]2CCS(=O)(=O)C2)cc1. The average molecular weight is 297 g/mol. The second-order valence-electron chi connectivity index (χ2n) is 5.16. The zero-order chi connectivity index (χ0) is 14.8. The Morgan fingerprint density at radius 3 is 2.55 bits per heavy atom. The van der Waals surface area contributed by atoms with Crippen molar-refractivity contribution in [3.05, 3.63) is 29.8 Å². The molecule has 1 aromatic rings. The molecule has 0 N–H and O–H groups in total. The maximum Gasteiger partial charge on any atom is 0.260 e. The molecule has 0 bridgehead atoms. The zero-order valence-electron chi connectivity index (χ0n) is 11.7. The molecule has 0 unspecified atom stereocenters. The zero-order valence-corrected chi connectivity index (χ0v) is 12.5. The number of sulfone groups is 1. The topological polar surface area (TPSA) is 63.7 Å². The number of amides is 1. The lowest BCUT2D eigenvalue weighted by Crippen LogP contribution is -2.40. The van der Waals surface area contributed by atoms with Gasteiger partial charge < -0.3 is 9.64 Å². The number of hydrogen-bond acceptors (Lipinski definition) is 4. The summed E-state index contributed by atoms with van der Waals surface area (Å²) in [7, 11) is -1.35. The Balaban J connectivity index is 1.87. The van der Waals surface area contributed by atoms with Gasteiger partial charge in [-0.2, -0.15) is 0 Å². The van der Waals surface area contributed by atoms with Gasteiger partial charge in [0.1, 0.15) is 5.75 Å². The van der Waals surface area contributed by atoms with E-state index in [1.54, 1.807) is 7.05 Å². The van der Waals surface area contributed by atoms with Crippen LogP contribution in [0.15, 0.2) is 24.3 Å². The number of nitrogens with zero attached hydrogens (tertiary/aromatic N) is 1. The fraction of sp³-hybridized carbons (Fsp3) is 0.500. The molecule has 1 saturated heterocycles. The summed E-state index contributed by atoms with van der Waals surface area (Å²) in [5.41, 5.74) is 1.12. The molecular weight excluding hydrogens is 278 g/mol. The monoisotopic (exact) mass is 297 g/mol. The largest absolute Gasteiger partial charge is 0.484 e. The van der Waals surface area contributed by atoms with Crippen molar-refractivity contribution in [2.24, 2.45) is 0 Å². The van der Waals surface area contributed by atoms with Gasteiger partial charge in [0.05, 0.1) is 11.5 Å². The molecule has 1 aliphatic rings. The summed E-state index contributed by atoms with van der Waals surface area (Å²) in [5.74, 6) is 0.650. The van der Waals surface area contributed by atoms with Crippen LogP contribution in [0.3, 0.4) is 0 Å². The van der Waals surface area contributed by atoms with E-state index in [0.717, 1.165) is 5.56 Å². The number of hydrogen-bond donors (Lipinski definition) is 0. The van der Waals surface area contributed by atoms with Gasteiger partial charge >= 0.3 is 0 Å². The molecule has 6 heteroatoms. The molecule has 0 spiro atoms. The lowest BCUT2D eigenvalue weighted by molar-refractivity contribution is -0.133. The average Bonchev–Trinajstić information content (AvgIpc) is 2.77. The molecule has 2 rings (SSSR count). The Bertz CT molecular complexity index is 580. The Kier molecular flexibility index (Phi) is 4.32. The quantitative estimate of drug-likeness (QED) is 0.832. The van der Waals surface area contributed by atoms with Crippen molar-refractivity contribution in [2.45, 2.75) is 19.4 Å². The number of ether oxygens (including phenoxy) is 1. The van der Waals surface area contributed by atoms with Crippen molar-refractivity contribution in [2.75, 3.05) is 25.2 Å². The highest BCUT2D eigenvalue weighted by Gasteiger charge is 2.32. The van der Waals surface area contributed by atoms with Crippen LogP contribution in [-0.2, 0) is 14.6 Å². The first kappa shape index (κ1) is 14.8. The maximum atomic E-state index is 12.0. The van der Waals surface area contributed by atoms with Crippen molar-refractivity contribution in [3.63, 3.8) is 0 Å². The number of carbonyl (C=O) groups excluding carboxylic acids is 1. The number of benzene rings is 1. The highest BCUT2D eigenvalue weighted by molar-refractivity contribution is 7.91. The van der Waals surface area contributed by atoms with Crippen LogP contribution in [0.1, 0.15) is 12.0 Å². The second-order valence-corrected chi connectivity index (χ2v) is 7.39. The molecule has 0 radical (unpaired) electrons. The van der Waals surface area contributed by atoms with Crippen molar-refractivity contribution in [3.8, 4) is 5.75 Å². The van der Waals surface area contributed by atoms with Gasteiger partial charge in [0.25, 0.3) is 5.91 Å². The van der Waals surface area contributed by atoms with Gasteiger partial charge in [-0.25, -0.2) is 8.42 Å². The summed E-state index contributed by atoms with van der Waals surface area (Å²) in [6.07, 6.45) is 0.509. The minimum absolute atomic E-state index is 0.0553. The highest BCUT2D eigenvalue weighted by Crippen LogP contribution is 2.17. The first-order valence-electron chi connectivity index (χ1n) is 6.53. The molecule has 1 aromatic carbocycles. The van der Waals surface area contributed by atoms with Gasteiger partial charge in [-0.15, -0.1) is 0 Å². The molecule has 0 aromatic heterocycles. The van der Waals surface area contributed by atoms with E-state index in [9.17, 15) is 13.2 Å². The summed E-state index contributed by atoms with van der Waals surface area (Å²) in [4.78, 5) is 13.5. The van der Waals surface area contributed by atoms with Crippen LogP contribution >= 0.6 is 0 Å². The van der Waals surface area contributed by atoms with Gasteiger partial charge in [0.15, 0.2) is 16.4 Å². The Morgan fingerprint density at radius 2 is 2.00 bits per heavy atom. The molecule has 1 amide bonds. The molecule has 1 heterocycles. The number of likely N-dealkylation sites (N-methyl/N-ethyl adjacent to an activating group) is 1. The summed E-state index contributed by atoms with van der Waals surface area (Å²) < 4.78 is 28.2. The summed E-state index contributed by atoms with van der Waals surface area (Å²) in [5, 5.41) is 0. The van der Waals surface area contributed by atoms with Crippen LogP contribution in [-0.4, -0.2) is 50.4 Å². The number of carbonyl (C=O) groups is 1. The van der Waals surface area contributed by atoms with Gasteiger partial charge in [-0.1, -0.05) is 17.7 Å². The van der Waals surface area contributed by atoms with Gasteiger partial charge in [-0.05, 0) is 25.5 Å². The maximum absolute atomic E-state index is 12.0. The van der Waals surface area contributed by atoms with Crippen molar-refractivity contribution in [1.82, 2.24) is 4.90 Å². The normalized spacial score (nSPS) is 20.6. The Hall–Kier alpha value is -1.56. The first-order valence-corrected chi connectivity index (χ1v) is 8.35. The van der Waals surface area contributed by atoms with Crippen molar-refractivity contribution < 1.29 is 17.9 Å². The molecule has 5 nitrogen and oxygen atoms in total. The van der Waals surface area contributed by atoms with E-state index in [1.807, 2.05) is 31.2 Å². The van der Waals surface area contributed by atoms with Crippen LogP contribution in [0.4, 0.5) is 0 Å². The standard InChI is InChI=1S/C14H19NO4S/c1-11-3-5-13(6-4-11)19-9-14(16)15(2)12-7-8-20(17,18)10-12/h3-6,12H,7-10H2,1-2H3/t12-/m0/s1. The van der Waals surface area contributed by atoms with E-state index in [4.69, 9.17) is 4.74 Å². The van der Waals surface area contributed by atoms with Crippen molar-refractivity contribution >= 4 is 15.7 Å². The molecule has 1 fully saturated rings. The van der Waals surface area contributed by atoms with Gasteiger partial charge in [-0.3, -0.25) is 4.79 Å². The predicted octanol–water partition coefficient (Wildman–Crippen LogP) is 1.02. The fourth-order valence-electron chi connectivity index (χ4n) is 2.17. The highest BCUT2D eigenvalue weighted by atomic mass is 32.2. The van der Waals surface area contributed by atoms with Crippen molar-refractivity contribution in [1.29, 1.82) is 0 Å². The molecular formula is C14H19NO4S. The summed E-state index contributed by atoms with van der Waals surface area (Å²) >= 11 is 0. The van der Waals surface area contributed by atoms with Gasteiger partial charge in [0.2, 0.25) is 0 Å². The van der Waals surface area contributed by atoms with E-state index in [1.165, 1.54) is 4.90 Å². The van der Waals surface area contributed by atoms with E-state index in [-0.39, 0.29) is 30.1 Å². The summed E-state index contributed by atoms with van der Waals surface area (Å²) in [6.45, 7) is 1.90. The van der Waals surface area contributed by atoms with Gasteiger partial charge in [0, 0.05) is 13.1 Å². The van der Waals surface area contributed by atoms with Crippen LogP contribution < -0.4 is 4.74 Å². The van der Waals surface area contributed by atoms with E-state index < -0.39 is 9.84 Å². The predicted molar refractivity (Wildman–Crippen MR) is 76.5 cm³/mol. The molecule has 0 aliphatic carbocycles. The third kappa shape index (κ3) is 3.72. The molecule has 0 saturated carbocycles. The lowest BCUT2D eigenvalue weighted by Gasteiger charge is -2.23. The molecule has 110 valence electrons. The number of rotatable bonds is 4. The van der Waals surface area contributed by atoms with Crippen LogP contribution in [0.5, 0.6) is 5.75 Å². The van der Waals surface area contributed by atoms with Crippen LogP contribution in [0.25, 0.3) is 0 Å². The molecule has 20 heavy (non-hydrogen) atoms. The lowest BCUT2D eigenvalue weighted by atomic mass is 10.2. The van der Waals surface area contributed by atoms with E-state index >= 15 is 0 Å². The number of aryl methyl sites for hydroxylation is 1. The first-order chi connectivity index (χ1) is 9.37. The minimum Gasteiger partial charge on any atom is -0.484 e. The molecule has 1 aliphatic heterocycles. The minimum atomic E-state index is -2.98. The third-order valence-corrected chi connectivity index (χ3v) is 5.28. The Labute approximate surface area is 119 Å². The second kappa shape index (κ2) is 5.83. The summed E-state index contributed by atoms with van der Waals surface area (Å²) in [6, 6.07) is 7.21. The molecule has 1 atom stereocenters. The van der Waals surface area contributed by atoms with E-state index in [2.05, 4.69) is 0 Å². The third-order valence-electron chi connectivity index (χ3n) is 3.53. The van der Waals surface area contributed by atoms with E-state index in [0.29, 0.717) is 12.2 Å². The Morgan fingerprint density at radius 1 is 1.35 bits per heavy atom. The smallest absolute Gasteiger partial charge is 0.260 e. The fourth-order valence-corrected chi connectivity index (χ4v) is 3.94. The van der Waals surface area contributed by atoms with Crippen LogP contribution in [0.2, 0.25) is 0 Å².